The quantitative estimate of drug-likeness (QED) is 0.594. The third-order valence-corrected chi connectivity index (χ3v) is 2.56. The lowest BCUT2D eigenvalue weighted by molar-refractivity contribution is -0.384. The van der Waals surface area contributed by atoms with Crippen molar-refractivity contribution in [2.75, 3.05) is 31.7 Å². The first-order chi connectivity index (χ1) is 8.95. The van der Waals surface area contributed by atoms with Crippen molar-refractivity contribution in [3.05, 3.63) is 33.9 Å². The Morgan fingerprint density at radius 3 is 2.74 bits per heavy atom. The average molecular weight is 268 g/mol. The third-order valence-electron chi connectivity index (χ3n) is 2.56. The molecule has 19 heavy (non-hydrogen) atoms. The van der Waals surface area contributed by atoms with Crippen LogP contribution in [0.5, 0.6) is 0 Å². The fraction of sp³-hybridized carbons (Fsp3) is 0.417. The Labute approximate surface area is 110 Å². The topological polar surface area (TPSA) is 92.9 Å². The zero-order valence-corrected chi connectivity index (χ0v) is 10.8. The van der Waals surface area contributed by atoms with Gasteiger partial charge in [0.15, 0.2) is 0 Å². The minimum Gasteiger partial charge on any atom is -0.480 e. The number of methoxy groups -OCH3 is 1. The van der Waals surface area contributed by atoms with Crippen LogP contribution in [0.2, 0.25) is 0 Å². The van der Waals surface area contributed by atoms with Gasteiger partial charge in [-0.3, -0.25) is 14.9 Å². The van der Waals surface area contributed by atoms with Crippen molar-refractivity contribution in [2.45, 2.75) is 6.92 Å². The summed E-state index contributed by atoms with van der Waals surface area (Å²) >= 11 is 0. The monoisotopic (exact) mass is 268 g/mol. The van der Waals surface area contributed by atoms with E-state index in [4.69, 9.17) is 9.84 Å². The molecular weight excluding hydrogens is 252 g/mol. The van der Waals surface area contributed by atoms with E-state index in [0.29, 0.717) is 0 Å². The van der Waals surface area contributed by atoms with Crippen LogP contribution in [0.15, 0.2) is 18.2 Å². The Morgan fingerprint density at radius 1 is 1.53 bits per heavy atom. The highest BCUT2D eigenvalue weighted by molar-refractivity contribution is 5.76. The summed E-state index contributed by atoms with van der Waals surface area (Å²) in [5, 5.41) is 19.9. The zero-order valence-electron chi connectivity index (χ0n) is 10.8. The molecule has 1 aromatic rings. The molecular formula is C12H16N2O5. The number of benzene rings is 1. The largest absolute Gasteiger partial charge is 0.480 e. The summed E-state index contributed by atoms with van der Waals surface area (Å²) in [7, 11) is 1.49. The number of nitro groups is 1. The molecule has 0 aliphatic rings. The number of rotatable bonds is 7. The highest BCUT2D eigenvalue weighted by atomic mass is 16.6. The molecule has 0 radical (unpaired) electrons. The number of carbonyl (C=O) groups is 1. The van der Waals surface area contributed by atoms with Crippen LogP contribution in [0.1, 0.15) is 5.56 Å². The van der Waals surface area contributed by atoms with Crippen molar-refractivity contribution in [3.8, 4) is 0 Å². The normalized spacial score (nSPS) is 10.2. The number of aliphatic carboxylic acids is 1. The molecule has 104 valence electrons. The number of anilines is 1. The number of nitro benzene ring substituents is 1. The highest BCUT2D eigenvalue weighted by Gasteiger charge is 2.21. The molecule has 0 saturated heterocycles. The van der Waals surface area contributed by atoms with Gasteiger partial charge in [0, 0.05) is 19.7 Å². The van der Waals surface area contributed by atoms with Crippen LogP contribution >= 0.6 is 0 Å². The van der Waals surface area contributed by atoms with Crippen LogP contribution < -0.4 is 4.90 Å². The first-order valence-corrected chi connectivity index (χ1v) is 5.66. The predicted molar refractivity (Wildman–Crippen MR) is 69.6 cm³/mol. The van der Waals surface area contributed by atoms with Gasteiger partial charge in [-0.25, -0.2) is 0 Å². The van der Waals surface area contributed by atoms with Crippen molar-refractivity contribution >= 4 is 17.3 Å². The Morgan fingerprint density at radius 2 is 2.21 bits per heavy atom. The highest BCUT2D eigenvalue weighted by Crippen LogP contribution is 2.28. The summed E-state index contributed by atoms with van der Waals surface area (Å²) in [6.07, 6.45) is 0. The fourth-order valence-electron chi connectivity index (χ4n) is 1.70. The molecule has 0 aromatic heterocycles. The van der Waals surface area contributed by atoms with E-state index in [9.17, 15) is 14.9 Å². The van der Waals surface area contributed by atoms with Gasteiger partial charge in [0.25, 0.3) is 5.69 Å². The smallest absolute Gasteiger partial charge is 0.323 e. The molecule has 0 fully saturated rings. The molecule has 0 heterocycles. The van der Waals surface area contributed by atoms with Gasteiger partial charge in [0.05, 0.1) is 11.5 Å². The average Bonchev–Trinajstić information content (AvgIpc) is 2.34. The van der Waals surface area contributed by atoms with Crippen LogP contribution in [-0.2, 0) is 9.53 Å². The van der Waals surface area contributed by atoms with Gasteiger partial charge >= 0.3 is 5.97 Å². The van der Waals surface area contributed by atoms with Gasteiger partial charge in [-0.2, -0.15) is 0 Å². The van der Waals surface area contributed by atoms with Crippen molar-refractivity contribution in [2.24, 2.45) is 0 Å². The molecule has 0 atom stereocenters. The van der Waals surface area contributed by atoms with E-state index in [1.54, 1.807) is 19.1 Å². The lowest BCUT2D eigenvalue weighted by Crippen LogP contribution is -2.33. The number of hydrogen-bond acceptors (Lipinski definition) is 5. The second-order valence-corrected chi connectivity index (χ2v) is 4.06. The van der Waals surface area contributed by atoms with Crippen molar-refractivity contribution in [1.29, 1.82) is 0 Å². The molecule has 1 N–H and O–H groups in total. The first-order valence-electron chi connectivity index (χ1n) is 5.66. The molecule has 7 nitrogen and oxygen atoms in total. The molecule has 7 heteroatoms. The van der Waals surface area contributed by atoms with Crippen LogP contribution in [0, 0.1) is 17.0 Å². The molecule has 0 aliphatic heterocycles. The minimum atomic E-state index is -1.05. The SMILES string of the molecule is COCCN(CC(=O)O)c1ccc(C)cc1[N+](=O)[O-]. The van der Waals surface area contributed by atoms with E-state index in [-0.39, 0.29) is 31.1 Å². The number of carboxylic acid groups (broad SMARTS) is 1. The van der Waals surface area contributed by atoms with E-state index in [2.05, 4.69) is 0 Å². The molecule has 0 spiro atoms. The summed E-state index contributed by atoms with van der Waals surface area (Å²) in [5.74, 6) is -1.05. The molecule has 0 aliphatic carbocycles. The first kappa shape index (κ1) is 14.9. The summed E-state index contributed by atoms with van der Waals surface area (Å²) in [5.41, 5.74) is 0.935. The third kappa shape index (κ3) is 4.22. The van der Waals surface area contributed by atoms with Crippen LogP contribution in [0.4, 0.5) is 11.4 Å². The number of carboxylic acids is 1. The van der Waals surface area contributed by atoms with E-state index in [1.165, 1.54) is 18.1 Å². The van der Waals surface area contributed by atoms with E-state index < -0.39 is 10.9 Å². The van der Waals surface area contributed by atoms with Crippen LogP contribution in [0.3, 0.4) is 0 Å². The maximum Gasteiger partial charge on any atom is 0.323 e. The van der Waals surface area contributed by atoms with E-state index in [1.807, 2.05) is 0 Å². The second-order valence-electron chi connectivity index (χ2n) is 4.06. The van der Waals surface area contributed by atoms with Crippen molar-refractivity contribution < 1.29 is 19.6 Å². The molecule has 0 amide bonds. The van der Waals surface area contributed by atoms with E-state index in [0.717, 1.165) is 5.56 Å². The summed E-state index contributed by atoms with van der Waals surface area (Å²) in [4.78, 5) is 22.8. The predicted octanol–water partition coefficient (Wildman–Crippen LogP) is 1.44. The van der Waals surface area contributed by atoms with Crippen molar-refractivity contribution in [1.82, 2.24) is 0 Å². The Hall–Kier alpha value is -2.15. The maximum absolute atomic E-state index is 11.0. The Bertz CT molecular complexity index is 475. The minimum absolute atomic E-state index is 0.0997. The van der Waals surface area contributed by atoms with Gasteiger partial charge in [0.2, 0.25) is 0 Å². The standard InChI is InChI=1S/C12H16N2O5/c1-9-3-4-10(11(7-9)14(17)18)13(5-6-19-2)8-12(15)16/h3-4,7H,5-6,8H2,1-2H3,(H,15,16). The maximum atomic E-state index is 11.0. The molecule has 0 saturated carbocycles. The molecule has 0 bridgehead atoms. The Balaban J connectivity index is 3.12. The fourth-order valence-corrected chi connectivity index (χ4v) is 1.70. The van der Waals surface area contributed by atoms with Gasteiger partial charge in [-0.05, 0) is 18.6 Å². The number of aryl methyl sites for hydroxylation is 1. The van der Waals surface area contributed by atoms with Crippen LogP contribution in [-0.4, -0.2) is 42.8 Å². The molecule has 1 rings (SSSR count). The van der Waals surface area contributed by atoms with Gasteiger partial charge in [0.1, 0.15) is 12.2 Å². The number of ether oxygens (including phenoxy) is 1. The lowest BCUT2D eigenvalue weighted by atomic mass is 10.1. The molecule has 0 unspecified atom stereocenters. The number of hydrogen-bond donors (Lipinski definition) is 1. The molecule has 1 aromatic carbocycles. The lowest BCUT2D eigenvalue weighted by Gasteiger charge is -2.22. The summed E-state index contributed by atoms with van der Waals surface area (Å²) < 4.78 is 4.90. The van der Waals surface area contributed by atoms with E-state index >= 15 is 0 Å². The van der Waals surface area contributed by atoms with Gasteiger partial charge in [-0.1, -0.05) is 6.07 Å². The summed E-state index contributed by atoms with van der Waals surface area (Å²) in [6.45, 7) is 1.99. The summed E-state index contributed by atoms with van der Waals surface area (Å²) in [6, 6.07) is 4.70. The van der Waals surface area contributed by atoms with Gasteiger partial charge < -0.3 is 14.7 Å². The Kier molecular flexibility index (Phi) is 5.25. The zero-order chi connectivity index (χ0) is 14.4. The van der Waals surface area contributed by atoms with Crippen molar-refractivity contribution in [3.63, 3.8) is 0 Å². The second kappa shape index (κ2) is 6.69. The van der Waals surface area contributed by atoms with Crippen LogP contribution in [0.25, 0.3) is 0 Å². The number of nitrogens with zero attached hydrogens (tertiary/aromatic N) is 2. The van der Waals surface area contributed by atoms with Gasteiger partial charge in [-0.15, -0.1) is 0 Å².